The lowest BCUT2D eigenvalue weighted by Gasteiger charge is -2.16. The summed E-state index contributed by atoms with van der Waals surface area (Å²) in [5.41, 5.74) is 3.78. The molecule has 3 aromatic rings. The quantitative estimate of drug-likeness (QED) is 0.413. The zero-order valence-corrected chi connectivity index (χ0v) is 17.8. The predicted molar refractivity (Wildman–Crippen MR) is 117 cm³/mol. The molecule has 0 aromatic heterocycles. The molecule has 29 heavy (non-hydrogen) atoms. The Morgan fingerprint density at radius 2 is 1.72 bits per heavy atom. The van der Waals surface area contributed by atoms with Crippen molar-refractivity contribution in [2.45, 2.75) is 27.0 Å². The lowest BCUT2D eigenvalue weighted by atomic mass is 10.1. The van der Waals surface area contributed by atoms with E-state index in [1.54, 1.807) is 12.1 Å². The Morgan fingerprint density at radius 1 is 0.931 bits per heavy atom. The van der Waals surface area contributed by atoms with Gasteiger partial charge in [0.05, 0.1) is 11.6 Å². The summed E-state index contributed by atoms with van der Waals surface area (Å²) >= 11 is 12.3. The van der Waals surface area contributed by atoms with E-state index in [2.05, 4.69) is 11.4 Å². The molecule has 0 aliphatic carbocycles. The van der Waals surface area contributed by atoms with E-state index >= 15 is 0 Å². The van der Waals surface area contributed by atoms with Crippen LogP contribution in [0.5, 0.6) is 11.5 Å². The topological polar surface area (TPSA) is 30.5 Å². The van der Waals surface area contributed by atoms with Crippen LogP contribution in [0.1, 0.15) is 23.6 Å². The molecule has 0 heterocycles. The molecule has 3 aromatic carbocycles. The minimum atomic E-state index is -0.455. The van der Waals surface area contributed by atoms with E-state index in [-0.39, 0.29) is 5.02 Å². The van der Waals surface area contributed by atoms with E-state index in [1.165, 1.54) is 17.7 Å². The number of hydrogen-bond acceptors (Lipinski definition) is 3. The largest absolute Gasteiger partial charge is 0.490 e. The standard InChI is InChI=1S/C23H22Cl2FNO2/c1-3-28-22-10-17(13-27-18-7-8-21(26)20(25)11-18)19(24)12-23(22)29-14-16-6-4-5-15(2)9-16/h4-12,27H,3,13-14H2,1-2H3. The van der Waals surface area contributed by atoms with Crippen LogP contribution in [0.4, 0.5) is 10.1 Å². The Hall–Kier alpha value is -2.43. The number of rotatable bonds is 8. The first kappa shape index (κ1) is 21.3. The van der Waals surface area contributed by atoms with Gasteiger partial charge in [-0.1, -0.05) is 53.0 Å². The highest BCUT2D eigenvalue weighted by molar-refractivity contribution is 6.31. The van der Waals surface area contributed by atoms with Crippen LogP contribution in [-0.4, -0.2) is 6.61 Å². The van der Waals surface area contributed by atoms with Gasteiger partial charge >= 0.3 is 0 Å². The molecule has 1 N–H and O–H groups in total. The molecule has 152 valence electrons. The molecule has 6 heteroatoms. The normalized spacial score (nSPS) is 10.7. The summed E-state index contributed by atoms with van der Waals surface area (Å²) in [6.45, 7) is 5.31. The van der Waals surface area contributed by atoms with Gasteiger partial charge in [-0.05, 0) is 49.2 Å². The Morgan fingerprint density at radius 3 is 2.45 bits per heavy atom. The Kier molecular flexibility index (Phi) is 7.24. The number of anilines is 1. The zero-order chi connectivity index (χ0) is 20.8. The minimum Gasteiger partial charge on any atom is -0.490 e. The molecule has 0 saturated carbocycles. The van der Waals surface area contributed by atoms with Gasteiger partial charge in [0.2, 0.25) is 0 Å². The molecule has 0 aliphatic heterocycles. The zero-order valence-electron chi connectivity index (χ0n) is 16.3. The first-order valence-electron chi connectivity index (χ1n) is 9.28. The fraction of sp³-hybridized carbons (Fsp3) is 0.217. The van der Waals surface area contributed by atoms with Gasteiger partial charge in [-0.15, -0.1) is 0 Å². The van der Waals surface area contributed by atoms with Gasteiger partial charge in [0.15, 0.2) is 11.5 Å². The average molecular weight is 434 g/mol. The van der Waals surface area contributed by atoms with Gasteiger partial charge in [-0.25, -0.2) is 4.39 Å². The Labute approximate surface area is 180 Å². The van der Waals surface area contributed by atoms with Crippen LogP contribution >= 0.6 is 23.2 Å². The van der Waals surface area contributed by atoms with Crippen LogP contribution in [0.3, 0.4) is 0 Å². The maximum Gasteiger partial charge on any atom is 0.163 e. The van der Waals surface area contributed by atoms with E-state index < -0.39 is 5.82 Å². The van der Waals surface area contributed by atoms with Crippen molar-refractivity contribution in [3.63, 3.8) is 0 Å². The van der Waals surface area contributed by atoms with E-state index in [1.807, 2.05) is 38.1 Å². The number of nitrogens with one attached hydrogen (secondary N) is 1. The number of ether oxygens (including phenoxy) is 2. The third-order valence-electron chi connectivity index (χ3n) is 4.29. The van der Waals surface area contributed by atoms with Gasteiger partial charge in [0.1, 0.15) is 12.4 Å². The molecular weight excluding hydrogens is 412 g/mol. The van der Waals surface area contributed by atoms with Crippen molar-refractivity contribution in [1.82, 2.24) is 0 Å². The number of halogens is 3. The highest BCUT2D eigenvalue weighted by Gasteiger charge is 2.12. The molecule has 0 aliphatic rings. The fourth-order valence-electron chi connectivity index (χ4n) is 2.86. The van der Waals surface area contributed by atoms with E-state index in [0.29, 0.717) is 42.0 Å². The molecule has 0 spiro atoms. The monoisotopic (exact) mass is 433 g/mol. The number of hydrogen-bond donors (Lipinski definition) is 1. The van der Waals surface area contributed by atoms with E-state index in [0.717, 1.165) is 11.1 Å². The summed E-state index contributed by atoms with van der Waals surface area (Å²) in [4.78, 5) is 0. The summed E-state index contributed by atoms with van der Waals surface area (Å²) in [6, 6.07) is 16.2. The summed E-state index contributed by atoms with van der Waals surface area (Å²) in [7, 11) is 0. The van der Waals surface area contributed by atoms with Crippen LogP contribution in [0, 0.1) is 12.7 Å². The Balaban J connectivity index is 1.75. The van der Waals surface area contributed by atoms with Crippen molar-refractivity contribution in [2.75, 3.05) is 11.9 Å². The fourth-order valence-corrected chi connectivity index (χ4v) is 3.26. The maximum absolute atomic E-state index is 13.3. The van der Waals surface area contributed by atoms with E-state index in [4.69, 9.17) is 32.7 Å². The molecule has 3 rings (SSSR count). The SMILES string of the molecule is CCOc1cc(CNc2ccc(F)c(Cl)c2)c(Cl)cc1OCc1cccc(C)c1. The minimum absolute atomic E-state index is 0.0657. The molecule has 0 atom stereocenters. The Bertz CT molecular complexity index is 995. The molecule has 0 bridgehead atoms. The van der Waals surface area contributed by atoms with Crippen molar-refractivity contribution < 1.29 is 13.9 Å². The highest BCUT2D eigenvalue weighted by Crippen LogP contribution is 2.35. The van der Waals surface area contributed by atoms with Crippen molar-refractivity contribution >= 4 is 28.9 Å². The number of benzene rings is 3. The summed E-state index contributed by atoms with van der Waals surface area (Å²) in [5, 5.41) is 3.81. The van der Waals surface area contributed by atoms with Crippen LogP contribution in [0.2, 0.25) is 10.0 Å². The highest BCUT2D eigenvalue weighted by atomic mass is 35.5. The van der Waals surface area contributed by atoms with Crippen molar-refractivity contribution in [3.8, 4) is 11.5 Å². The lowest BCUT2D eigenvalue weighted by molar-refractivity contribution is 0.269. The third-order valence-corrected chi connectivity index (χ3v) is 4.93. The van der Waals surface area contributed by atoms with Crippen molar-refractivity contribution in [1.29, 1.82) is 0 Å². The number of aryl methyl sites for hydroxylation is 1. The summed E-state index contributed by atoms with van der Waals surface area (Å²) in [5.74, 6) is 0.759. The van der Waals surface area contributed by atoms with Gasteiger partial charge in [-0.2, -0.15) is 0 Å². The van der Waals surface area contributed by atoms with Gasteiger partial charge in [0.25, 0.3) is 0 Å². The molecule has 0 unspecified atom stereocenters. The van der Waals surface area contributed by atoms with E-state index in [9.17, 15) is 4.39 Å². The van der Waals surface area contributed by atoms with Gasteiger partial charge in [0, 0.05) is 23.3 Å². The predicted octanol–water partition coefficient (Wildman–Crippen LogP) is 7.03. The van der Waals surface area contributed by atoms with Crippen molar-refractivity contribution in [2.24, 2.45) is 0 Å². The smallest absolute Gasteiger partial charge is 0.163 e. The van der Waals surface area contributed by atoms with Crippen LogP contribution < -0.4 is 14.8 Å². The molecule has 3 nitrogen and oxygen atoms in total. The van der Waals surface area contributed by atoms with Crippen LogP contribution in [0.15, 0.2) is 54.6 Å². The van der Waals surface area contributed by atoms with Gasteiger partial charge < -0.3 is 14.8 Å². The second-order valence-corrected chi connectivity index (χ2v) is 7.40. The molecular formula is C23H22Cl2FNO2. The molecule has 0 fully saturated rings. The maximum atomic E-state index is 13.3. The molecule has 0 amide bonds. The lowest BCUT2D eigenvalue weighted by Crippen LogP contribution is -2.04. The second-order valence-electron chi connectivity index (χ2n) is 6.58. The summed E-state index contributed by atoms with van der Waals surface area (Å²) < 4.78 is 25.0. The first-order valence-corrected chi connectivity index (χ1v) is 10.0. The second kappa shape index (κ2) is 9.86. The molecule has 0 saturated heterocycles. The third kappa shape index (κ3) is 5.78. The summed E-state index contributed by atoms with van der Waals surface area (Å²) in [6.07, 6.45) is 0. The van der Waals surface area contributed by atoms with Crippen molar-refractivity contribution in [3.05, 3.63) is 87.2 Å². The average Bonchev–Trinajstić information content (AvgIpc) is 2.69. The van der Waals surface area contributed by atoms with Gasteiger partial charge in [-0.3, -0.25) is 0 Å². The van der Waals surface area contributed by atoms with Crippen LogP contribution in [-0.2, 0) is 13.2 Å². The molecule has 0 radical (unpaired) electrons. The van der Waals surface area contributed by atoms with Crippen LogP contribution in [0.25, 0.3) is 0 Å². The first-order chi connectivity index (χ1) is 14.0.